The first-order valence-electron chi connectivity index (χ1n) is 16.6. The minimum atomic E-state index is -0.449. The molecule has 0 aliphatic heterocycles. The molecule has 0 amide bonds. The van der Waals surface area contributed by atoms with Gasteiger partial charge in [0.2, 0.25) is 0 Å². The van der Waals surface area contributed by atoms with E-state index in [1.54, 1.807) is 0 Å². The first kappa shape index (κ1) is 28.8. The zero-order valence-corrected chi connectivity index (χ0v) is 27.2. The lowest BCUT2D eigenvalue weighted by Gasteiger charge is -2.32. The molecule has 228 valence electrons. The SMILES string of the molecule is C/C=C(\C=C/CC)N(c1cccc(C)c1)c1ccc2c(c1)C1(c3ccccc3-c3ccccc31)c1cc(Nc3ccccc3)ccc1-2. The van der Waals surface area contributed by atoms with Gasteiger partial charge in [-0.1, -0.05) is 110 Å². The maximum absolute atomic E-state index is 3.69. The summed E-state index contributed by atoms with van der Waals surface area (Å²) in [4.78, 5) is 2.41. The van der Waals surface area contributed by atoms with E-state index in [1.807, 2.05) is 0 Å². The van der Waals surface area contributed by atoms with Crippen LogP contribution in [0.3, 0.4) is 0 Å². The number of benzene rings is 6. The molecule has 1 N–H and O–H groups in total. The summed E-state index contributed by atoms with van der Waals surface area (Å²) >= 11 is 0. The van der Waals surface area contributed by atoms with Gasteiger partial charge in [-0.3, -0.25) is 0 Å². The van der Waals surface area contributed by atoms with E-state index in [2.05, 4.69) is 189 Å². The molecule has 0 atom stereocenters. The molecule has 0 fully saturated rings. The highest BCUT2D eigenvalue weighted by molar-refractivity contribution is 5.96. The zero-order valence-electron chi connectivity index (χ0n) is 27.2. The molecule has 0 saturated carbocycles. The van der Waals surface area contributed by atoms with Crippen LogP contribution in [-0.2, 0) is 5.41 Å². The van der Waals surface area contributed by atoms with Gasteiger partial charge in [0.05, 0.1) is 5.41 Å². The van der Waals surface area contributed by atoms with Gasteiger partial charge in [0.1, 0.15) is 0 Å². The van der Waals surface area contributed by atoms with E-state index in [1.165, 1.54) is 50.1 Å². The van der Waals surface area contributed by atoms with E-state index in [0.29, 0.717) is 0 Å². The van der Waals surface area contributed by atoms with Crippen LogP contribution in [0.1, 0.15) is 48.1 Å². The normalized spacial score (nSPS) is 13.7. The van der Waals surface area contributed by atoms with Crippen molar-refractivity contribution in [2.45, 2.75) is 32.6 Å². The summed E-state index contributed by atoms with van der Waals surface area (Å²) < 4.78 is 0. The third-order valence-electron chi connectivity index (χ3n) is 9.73. The van der Waals surface area contributed by atoms with Crippen molar-refractivity contribution in [3.8, 4) is 22.3 Å². The summed E-state index contributed by atoms with van der Waals surface area (Å²) in [7, 11) is 0. The standard InChI is InChI=1S/C45H38N2/c1-4-6-18-34(5-2)47(35-19-14-15-31(3)28-35)36-25-27-40-39-26-24-33(46-32-16-8-7-9-17-32)29-43(39)45(44(40)30-36)41-22-12-10-20-37(41)38-21-11-13-23-42(38)45/h5-30,46H,4H2,1-3H3/b18-6-,34-5+. The molecule has 0 unspecified atom stereocenters. The Morgan fingerprint density at radius 1 is 0.596 bits per heavy atom. The van der Waals surface area contributed by atoms with Crippen molar-refractivity contribution < 1.29 is 0 Å². The Balaban J connectivity index is 1.40. The minimum absolute atomic E-state index is 0.449. The third kappa shape index (κ3) is 4.55. The fraction of sp³-hybridized carbons (Fsp3) is 0.111. The molecule has 0 saturated heterocycles. The molecular formula is C45H38N2. The van der Waals surface area contributed by atoms with Gasteiger partial charge in [0, 0.05) is 28.4 Å². The van der Waals surface area contributed by atoms with Crippen LogP contribution >= 0.6 is 0 Å². The average Bonchev–Trinajstić information content (AvgIpc) is 3.57. The van der Waals surface area contributed by atoms with Gasteiger partial charge < -0.3 is 10.2 Å². The lowest BCUT2D eigenvalue weighted by molar-refractivity contribution is 0.794. The topological polar surface area (TPSA) is 15.3 Å². The molecular weight excluding hydrogens is 569 g/mol. The van der Waals surface area contributed by atoms with Crippen LogP contribution in [0.4, 0.5) is 22.7 Å². The fourth-order valence-corrected chi connectivity index (χ4v) is 7.78. The Labute approximate surface area is 278 Å². The maximum atomic E-state index is 3.69. The van der Waals surface area contributed by atoms with Crippen LogP contribution < -0.4 is 10.2 Å². The van der Waals surface area contributed by atoms with E-state index >= 15 is 0 Å². The monoisotopic (exact) mass is 606 g/mol. The van der Waals surface area contributed by atoms with Crippen LogP contribution in [0.2, 0.25) is 0 Å². The molecule has 8 rings (SSSR count). The van der Waals surface area contributed by atoms with Crippen LogP contribution in [0.5, 0.6) is 0 Å². The molecule has 47 heavy (non-hydrogen) atoms. The summed E-state index contributed by atoms with van der Waals surface area (Å²) in [5.41, 5.74) is 17.0. The predicted octanol–water partition coefficient (Wildman–Crippen LogP) is 12.1. The summed E-state index contributed by atoms with van der Waals surface area (Å²) in [6.45, 7) is 6.49. The molecule has 6 aromatic rings. The Kier molecular flexibility index (Phi) is 7.14. The van der Waals surface area contributed by atoms with Gasteiger partial charge in [0.25, 0.3) is 0 Å². The van der Waals surface area contributed by atoms with Gasteiger partial charge in [-0.15, -0.1) is 0 Å². The lowest BCUT2D eigenvalue weighted by Crippen LogP contribution is -2.26. The molecule has 6 aromatic carbocycles. The highest BCUT2D eigenvalue weighted by Gasteiger charge is 2.51. The predicted molar refractivity (Wildman–Crippen MR) is 199 cm³/mol. The number of fused-ring (bicyclic) bond motifs is 10. The molecule has 2 aliphatic carbocycles. The molecule has 0 heterocycles. The summed E-state index contributed by atoms with van der Waals surface area (Å²) in [5.74, 6) is 0. The van der Waals surface area contributed by atoms with Crippen LogP contribution in [0.15, 0.2) is 163 Å². The molecule has 2 nitrogen and oxygen atoms in total. The highest BCUT2D eigenvalue weighted by Crippen LogP contribution is 2.63. The molecule has 2 aliphatic rings. The average molecular weight is 607 g/mol. The van der Waals surface area contributed by atoms with Crippen LogP contribution in [-0.4, -0.2) is 0 Å². The van der Waals surface area contributed by atoms with Gasteiger partial charge in [-0.2, -0.15) is 0 Å². The van der Waals surface area contributed by atoms with Gasteiger partial charge in [-0.05, 0) is 125 Å². The first-order chi connectivity index (χ1) is 23.1. The fourth-order valence-electron chi connectivity index (χ4n) is 7.78. The van der Waals surface area contributed by atoms with Gasteiger partial charge in [0.15, 0.2) is 0 Å². The Hall–Kier alpha value is -5.60. The third-order valence-corrected chi connectivity index (χ3v) is 9.73. The van der Waals surface area contributed by atoms with E-state index in [-0.39, 0.29) is 0 Å². The molecule has 0 aromatic heterocycles. The summed E-state index contributed by atoms with van der Waals surface area (Å²) in [6, 6.07) is 51.3. The van der Waals surface area contributed by atoms with Crippen molar-refractivity contribution in [1.82, 2.24) is 0 Å². The second kappa shape index (κ2) is 11.6. The van der Waals surface area contributed by atoms with Gasteiger partial charge in [-0.25, -0.2) is 0 Å². The molecule has 0 radical (unpaired) electrons. The number of allylic oxidation sites excluding steroid dienone is 3. The molecule has 0 bridgehead atoms. The minimum Gasteiger partial charge on any atom is -0.356 e. The van der Waals surface area contributed by atoms with Crippen LogP contribution in [0, 0.1) is 6.92 Å². The summed E-state index contributed by atoms with van der Waals surface area (Å²) in [6.07, 6.45) is 7.69. The van der Waals surface area contributed by atoms with Crippen molar-refractivity contribution in [3.05, 3.63) is 191 Å². The number of hydrogen-bond donors (Lipinski definition) is 1. The molecule has 2 heteroatoms. The number of rotatable bonds is 7. The van der Waals surface area contributed by atoms with E-state index in [9.17, 15) is 0 Å². The maximum Gasteiger partial charge on any atom is 0.0727 e. The summed E-state index contributed by atoms with van der Waals surface area (Å²) in [5, 5.41) is 3.69. The number of nitrogens with one attached hydrogen (secondary N) is 1. The van der Waals surface area contributed by atoms with E-state index in [4.69, 9.17) is 0 Å². The number of para-hydroxylation sites is 1. The largest absolute Gasteiger partial charge is 0.356 e. The van der Waals surface area contributed by atoms with Crippen molar-refractivity contribution in [2.75, 3.05) is 10.2 Å². The number of anilines is 4. The van der Waals surface area contributed by atoms with Crippen molar-refractivity contribution in [2.24, 2.45) is 0 Å². The number of nitrogens with zero attached hydrogens (tertiary/aromatic N) is 1. The Bertz CT molecular complexity index is 2140. The van der Waals surface area contributed by atoms with E-state index in [0.717, 1.165) is 34.9 Å². The lowest BCUT2D eigenvalue weighted by atomic mass is 9.70. The Morgan fingerprint density at radius 2 is 1.21 bits per heavy atom. The molecule has 1 spiro atoms. The van der Waals surface area contributed by atoms with E-state index < -0.39 is 5.41 Å². The second-order valence-corrected chi connectivity index (χ2v) is 12.5. The number of hydrogen-bond acceptors (Lipinski definition) is 2. The van der Waals surface area contributed by atoms with Crippen molar-refractivity contribution in [1.29, 1.82) is 0 Å². The zero-order chi connectivity index (χ0) is 32.0. The second-order valence-electron chi connectivity index (χ2n) is 12.5. The van der Waals surface area contributed by atoms with Crippen molar-refractivity contribution in [3.63, 3.8) is 0 Å². The van der Waals surface area contributed by atoms with Crippen molar-refractivity contribution >= 4 is 22.7 Å². The van der Waals surface area contributed by atoms with Crippen LogP contribution in [0.25, 0.3) is 22.3 Å². The quantitative estimate of drug-likeness (QED) is 0.182. The highest BCUT2D eigenvalue weighted by atomic mass is 15.1. The number of aryl methyl sites for hydroxylation is 1. The Morgan fingerprint density at radius 3 is 1.89 bits per heavy atom. The van der Waals surface area contributed by atoms with Gasteiger partial charge >= 0.3 is 0 Å². The first-order valence-corrected chi connectivity index (χ1v) is 16.6. The smallest absolute Gasteiger partial charge is 0.0727 e.